The van der Waals surface area contributed by atoms with Gasteiger partial charge in [0.25, 0.3) is 0 Å². The molecule has 2 amide bonds. The van der Waals surface area contributed by atoms with Crippen molar-refractivity contribution in [1.29, 1.82) is 0 Å². The molecule has 0 spiro atoms. The molecule has 1 aromatic rings. The second kappa shape index (κ2) is 6.48. The fourth-order valence-corrected chi connectivity index (χ4v) is 3.35. The van der Waals surface area contributed by atoms with E-state index in [1.54, 1.807) is 4.90 Å². The van der Waals surface area contributed by atoms with Crippen molar-refractivity contribution < 1.29 is 9.90 Å². The summed E-state index contributed by atoms with van der Waals surface area (Å²) >= 11 is 0. The predicted octanol–water partition coefficient (Wildman–Crippen LogP) is 2.52. The molecule has 1 aromatic carbocycles. The minimum atomic E-state index is -0.340. The summed E-state index contributed by atoms with van der Waals surface area (Å²) < 4.78 is 0. The molecule has 2 fully saturated rings. The van der Waals surface area contributed by atoms with Crippen LogP contribution in [0, 0.1) is 5.92 Å². The highest BCUT2D eigenvalue weighted by atomic mass is 16.3. The van der Waals surface area contributed by atoms with E-state index in [4.69, 9.17) is 0 Å². The Kier molecular flexibility index (Phi) is 4.44. The number of benzene rings is 1. The molecule has 2 atom stereocenters. The molecule has 0 bridgehead atoms. The van der Waals surface area contributed by atoms with Gasteiger partial charge in [0.15, 0.2) is 0 Å². The van der Waals surface area contributed by atoms with Gasteiger partial charge in [-0.2, -0.15) is 0 Å². The number of carbonyl (C=O) groups excluding carboxylic acids is 1. The molecule has 1 saturated heterocycles. The molecule has 114 valence electrons. The van der Waals surface area contributed by atoms with Gasteiger partial charge in [-0.25, -0.2) is 4.79 Å². The molecule has 2 N–H and O–H groups in total. The summed E-state index contributed by atoms with van der Waals surface area (Å²) in [6.07, 6.45) is 5.60. The minimum Gasteiger partial charge on any atom is -0.391 e. The summed E-state index contributed by atoms with van der Waals surface area (Å²) in [6, 6.07) is 9.87. The number of nitrogens with zero attached hydrogens (tertiary/aromatic N) is 1. The lowest BCUT2D eigenvalue weighted by Gasteiger charge is -2.26. The number of carbonyl (C=O) groups is 1. The van der Waals surface area contributed by atoms with E-state index in [1.165, 1.54) is 19.3 Å². The van der Waals surface area contributed by atoms with Gasteiger partial charge in [-0.15, -0.1) is 0 Å². The Morgan fingerprint density at radius 2 is 1.95 bits per heavy atom. The van der Waals surface area contributed by atoms with E-state index in [0.29, 0.717) is 19.0 Å². The number of aliphatic hydroxyl groups excluding tert-OH is 1. The lowest BCUT2D eigenvalue weighted by molar-refractivity contribution is 0.0744. The fraction of sp³-hybridized carbons (Fsp3) is 0.588. The maximum Gasteiger partial charge on any atom is 0.318 e. The van der Waals surface area contributed by atoms with Crippen LogP contribution in [0.25, 0.3) is 0 Å². The Bertz CT molecular complexity index is 471. The number of urea groups is 1. The highest BCUT2D eigenvalue weighted by Gasteiger charge is 2.46. The number of hydrogen-bond acceptors (Lipinski definition) is 2. The van der Waals surface area contributed by atoms with Crippen molar-refractivity contribution in [3.8, 4) is 0 Å². The summed E-state index contributed by atoms with van der Waals surface area (Å²) in [5.74, 6) is 0.385. The van der Waals surface area contributed by atoms with Gasteiger partial charge in [0.2, 0.25) is 0 Å². The molecule has 3 rings (SSSR count). The normalized spacial score (nSPS) is 23.7. The molecule has 0 aromatic heterocycles. The van der Waals surface area contributed by atoms with Crippen LogP contribution < -0.4 is 5.32 Å². The van der Waals surface area contributed by atoms with Crippen molar-refractivity contribution in [2.45, 2.75) is 50.8 Å². The Balaban J connectivity index is 1.45. The van der Waals surface area contributed by atoms with Crippen LogP contribution in [0.1, 0.15) is 37.7 Å². The molecule has 4 nitrogen and oxygen atoms in total. The van der Waals surface area contributed by atoms with Crippen LogP contribution in [-0.4, -0.2) is 34.7 Å². The van der Waals surface area contributed by atoms with Crippen LogP contribution in [0.5, 0.6) is 0 Å². The van der Waals surface area contributed by atoms with Crippen molar-refractivity contribution in [1.82, 2.24) is 10.2 Å². The molecule has 1 heterocycles. The highest BCUT2D eigenvalue weighted by molar-refractivity contribution is 5.77. The smallest absolute Gasteiger partial charge is 0.318 e. The largest absolute Gasteiger partial charge is 0.391 e. The van der Waals surface area contributed by atoms with Crippen LogP contribution in [-0.2, 0) is 6.54 Å². The van der Waals surface area contributed by atoms with E-state index in [2.05, 4.69) is 5.32 Å². The lowest BCUT2D eigenvalue weighted by Crippen LogP contribution is -2.35. The summed E-state index contributed by atoms with van der Waals surface area (Å²) in [5, 5.41) is 13.3. The van der Waals surface area contributed by atoms with E-state index < -0.39 is 0 Å². The van der Waals surface area contributed by atoms with Gasteiger partial charge in [-0.05, 0) is 24.3 Å². The molecular weight excluding hydrogens is 264 g/mol. The molecule has 4 heteroatoms. The van der Waals surface area contributed by atoms with E-state index in [0.717, 1.165) is 18.4 Å². The number of aliphatic hydroxyl groups is 1. The summed E-state index contributed by atoms with van der Waals surface area (Å²) in [7, 11) is 0. The summed E-state index contributed by atoms with van der Waals surface area (Å²) in [4.78, 5) is 13.8. The average Bonchev–Trinajstić information content (AvgIpc) is 3.34. The average molecular weight is 288 g/mol. The van der Waals surface area contributed by atoms with E-state index in [1.807, 2.05) is 30.3 Å². The van der Waals surface area contributed by atoms with Gasteiger partial charge in [0, 0.05) is 13.1 Å². The molecule has 21 heavy (non-hydrogen) atoms. The minimum absolute atomic E-state index is 0.0314. The van der Waals surface area contributed by atoms with Gasteiger partial charge in [0.1, 0.15) is 0 Å². The van der Waals surface area contributed by atoms with Gasteiger partial charge in [-0.1, -0.05) is 49.6 Å². The van der Waals surface area contributed by atoms with Gasteiger partial charge in [0.05, 0.1) is 12.1 Å². The quantitative estimate of drug-likeness (QED) is 0.837. The molecule has 1 saturated carbocycles. The molecule has 1 aliphatic carbocycles. The van der Waals surface area contributed by atoms with Crippen LogP contribution in [0.3, 0.4) is 0 Å². The highest BCUT2D eigenvalue weighted by Crippen LogP contribution is 2.33. The zero-order chi connectivity index (χ0) is 14.7. The van der Waals surface area contributed by atoms with E-state index in [9.17, 15) is 9.90 Å². The van der Waals surface area contributed by atoms with Crippen molar-refractivity contribution in [2.75, 3.05) is 6.54 Å². The third-order valence-electron chi connectivity index (χ3n) is 4.72. The first-order chi connectivity index (χ1) is 10.3. The monoisotopic (exact) mass is 288 g/mol. The first-order valence-corrected chi connectivity index (χ1v) is 8.02. The molecule has 1 aliphatic heterocycles. The zero-order valence-electron chi connectivity index (χ0n) is 12.4. The maximum absolute atomic E-state index is 12.1. The van der Waals surface area contributed by atoms with E-state index in [-0.39, 0.29) is 18.2 Å². The number of amides is 2. The number of nitrogens with one attached hydrogen (secondary N) is 1. The van der Waals surface area contributed by atoms with Crippen LogP contribution in [0.2, 0.25) is 0 Å². The standard InChI is InChI=1S/C17H24N2O2/c20-16(14-9-5-2-6-10-14)15-12-19(15)17(21)18-11-13-7-3-1-4-8-13/h1,3-4,7-8,14-16,20H,2,5-6,9-12H2,(H,18,21)/t15-,16-,19?/m0/s1. The molecule has 0 unspecified atom stereocenters. The van der Waals surface area contributed by atoms with Crippen LogP contribution in [0.15, 0.2) is 30.3 Å². The topological polar surface area (TPSA) is 52.3 Å². The van der Waals surface area contributed by atoms with Gasteiger partial charge in [-0.3, -0.25) is 0 Å². The Hall–Kier alpha value is -1.55. The third-order valence-corrected chi connectivity index (χ3v) is 4.72. The Morgan fingerprint density at radius 1 is 1.24 bits per heavy atom. The van der Waals surface area contributed by atoms with Crippen molar-refractivity contribution in [2.24, 2.45) is 5.92 Å². The Labute approximate surface area is 126 Å². The molecule has 0 radical (unpaired) electrons. The number of hydrogen-bond donors (Lipinski definition) is 2. The SMILES string of the molecule is O=C(NCc1ccccc1)N1C[C@H]1[C@@H](O)C1CCCCC1. The third kappa shape index (κ3) is 3.56. The van der Waals surface area contributed by atoms with Crippen molar-refractivity contribution >= 4 is 6.03 Å². The second-order valence-electron chi connectivity index (χ2n) is 6.25. The van der Waals surface area contributed by atoms with E-state index >= 15 is 0 Å². The lowest BCUT2D eigenvalue weighted by atomic mass is 9.84. The van der Waals surface area contributed by atoms with Gasteiger partial charge < -0.3 is 15.3 Å². The Morgan fingerprint density at radius 3 is 2.67 bits per heavy atom. The second-order valence-corrected chi connectivity index (χ2v) is 6.25. The fourth-order valence-electron chi connectivity index (χ4n) is 3.35. The zero-order valence-corrected chi connectivity index (χ0v) is 12.4. The molecular formula is C17H24N2O2. The first kappa shape index (κ1) is 14.4. The maximum atomic E-state index is 12.1. The van der Waals surface area contributed by atoms with Crippen molar-refractivity contribution in [3.63, 3.8) is 0 Å². The first-order valence-electron chi connectivity index (χ1n) is 8.02. The predicted molar refractivity (Wildman–Crippen MR) is 81.8 cm³/mol. The van der Waals surface area contributed by atoms with Crippen LogP contribution >= 0.6 is 0 Å². The molecule has 2 aliphatic rings. The summed E-state index contributed by atoms with van der Waals surface area (Å²) in [5.41, 5.74) is 1.09. The van der Waals surface area contributed by atoms with Crippen molar-refractivity contribution in [3.05, 3.63) is 35.9 Å². The van der Waals surface area contributed by atoms with Crippen LogP contribution in [0.4, 0.5) is 4.79 Å². The number of rotatable bonds is 4. The summed E-state index contributed by atoms with van der Waals surface area (Å²) in [6.45, 7) is 1.24. The van der Waals surface area contributed by atoms with Gasteiger partial charge >= 0.3 is 6.03 Å².